The Kier molecular flexibility index (Phi) is 2.16. The van der Waals surface area contributed by atoms with Crippen molar-refractivity contribution < 1.29 is 9.53 Å². The van der Waals surface area contributed by atoms with Gasteiger partial charge in [-0.25, -0.2) is 4.98 Å². The van der Waals surface area contributed by atoms with Gasteiger partial charge in [-0.1, -0.05) is 11.6 Å². The summed E-state index contributed by atoms with van der Waals surface area (Å²) in [5.74, 6) is 0.836. The van der Waals surface area contributed by atoms with Crippen LogP contribution in [0, 0.1) is 6.92 Å². The average molecular weight is 254 g/mol. The van der Waals surface area contributed by atoms with Crippen LogP contribution in [0.3, 0.4) is 0 Å². The number of ether oxygens (including phenoxy) is 1. The molecule has 3 nitrogen and oxygen atoms in total. The Balaban J connectivity index is 2.43. The highest BCUT2D eigenvalue weighted by molar-refractivity contribution is 7.18. The second-order valence-electron chi connectivity index (χ2n) is 3.77. The molecule has 0 saturated heterocycles. The molecule has 0 unspecified atom stereocenters. The summed E-state index contributed by atoms with van der Waals surface area (Å²) in [5, 5.41) is 3.35. The lowest BCUT2D eigenvalue weighted by Crippen LogP contribution is -2.11. The number of hydrogen-bond acceptors (Lipinski definition) is 4. The molecule has 0 amide bonds. The zero-order valence-corrected chi connectivity index (χ0v) is 10.1. The fourth-order valence-electron chi connectivity index (χ4n) is 1.96. The Morgan fingerprint density at radius 1 is 1.56 bits per heavy atom. The summed E-state index contributed by atoms with van der Waals surface area (Å²) in [5.41, 5.74) is 1.77. The summed E-state index contributed by atoms with van der Waals surface area (Å²) in [6, 6.07) is 0. The van der Waals surface area contributed by atoms with Crippen LogP contribution >= 0.6 is 22.9 Å². The van der Waals surface area contributed by atoms with Gasteiger partial charge in [0.2, 0.25) is 0 Å². The molecule has 0 atom stereocenters. The smallest absolute Gasteiger partial charge is 0.174 e. The Hall–Kier alpha value is -1.13. The van der Waals surface area contributed by atoms with E-state index in [9.17, 15) is 4.79 Å². The van der Waals surface area contributed by atoms with Crippen molar-refractivity contribution in [2.45, 2.75) is 13.3 Å². The zero-order chi connectivity index (χ0) is 11.3. The number of carbonyl (C=O) groups is 1. The second-order valence-corrected chi connectivity index (χ2v) is 5.01. The van der Waals surface area contributed by atoms with E-state index in [1.54, 1.807) is 0 Å². The van der Waals surface area contributed by atoms with Crippen LogP contribution in [0.25, 0.3) is 10.1 Å². The van der Waals surface area contributed by atoms with Gasteiger partial charge in [-0.2, -0.15) is 0 Å². The highest BCUT2D eigenvalue weighted by Gasteiger charge is 2.22. The van der Waals surface area contributed by atoms with E-state index in [1.165, 1.54) is 11.3 Å². The SMILES string of the molecule is Cc1nc(Cl)c2scc3c2c1CC(=O)CO3. The molecule has 1 aliphatic rings. The summed E-state index contributed by atoms with van der Waals surface area (Å²) in [6.45, 7) is 2.01. The first-order chi connectivity index (χ1) is 7.66. The Morgan fingerprint density at radius 2 is 2.38 bits per heavy atom. The van der Waals surface area contributed by atoms with Gasteiger partial charge >= 0.3 is 0 Å². The highest BCUT2D eigenvalue weighted by atomic mass is 35.5. The first-order valence-electron chi connectivity index (χ1n) is 4.87. The number of aromatic nitrogens is 1. The number of thiophene rings is 1. The maximum atomic E-state index is 11.5. The highest BCUT2D eigenvalue weighted by Crippen LogP contribution is 2.40. The van der Waals surface area contributed by atoms with Crippen LogP contribution in [0.1, 0.15) is 11.3 Å². The molecule has 2 aromatic rings. The van der Waals surface area contributed by atoms with Gasteiger partial charge in [-0.3, -0.25) is 4.79 Å². The number of rotatable bonds is 0. The van der Waals surface area contributed by atoms with Crippen molar-refractivity contribution in [3.05, 3.63) is 21.8 Å². The van der Waals surface area contributed by atoms with E-state index in [-0.39, 0.29) is 12.4 Å². The van der Waals surface area contributed by atoms with Crippen molar-refractivity contribution in [2.75, 3.05) is 6.61 Å². The minimum absolute atomic E-state index is 0.0784. The van der Waals surface area contributed by atoms with Gasteiger partial charge in [0.25, 0.3) is 0 Å². The van der Waals surface area contributed by atoms with Crippen molar-refractivity contribution in [3.8, 4) is 5.75 Å². The maximum Gasteiger partial charge on any atom is 0.174 e. The van der Waals surface area contributed by atoms with Gasteiger partial charge in [0.1, 0.15) is 17.5 Å². The number of pyridine rings is 1. The van der Waals surface area contributed by atoms with E-state index in [2.05, 4.69) is 4.98 Å². The van der Waals surface area contributed by atoms with Crippen molar-refractivity contribution in [3.63, 3.8) is 0 Å². The van der Waals surface area contributed by atoms with E-state index >= 15 is 0 Å². The summed E-state index contributed by atoms with van der Waals surface area (Å²) in [4.78, 5) is 15.8. The molecule has 0 saturated carbocycles. The number of hydrogen-bond donors (Lipinski definition) is 0. The maximum absolute atomic E-state index is 11.5. The largest absolute Gasteiger partial charge is 0.484 e. The van der Waals surface area contributed by atoms with Gasteiger partial charge in [-0.05, 0) is 12.5 Å². The van der Waals surface area contributed by atoms with Gasteiger partial charge in [0, 0.05) is 22.9 Å². The van der Waals surface area contributed by atoms with E-state index in [1.807, 2.05) is 12.3 Å². The predicted octanol–water partition coefficient (Wildman–Crippen LogP) is 2.76. The number of halogens is 1. The van der Waals surface area contributed by atoms with Crippen LogP contribution in [0.15, 0.2) is 5.38 Å². The van der Waals surface area contributed by atoms with Crippen LogP contribution < -0.4 is 4.74 Å². The summed E-state index contributed by atoms with van der Waals surface area (Å²) in [6.07, 6.45) is 0.385. The minimum Gasteiger partial charge on any atom is -0.484 e. The number of aryl methyl sites for hydroxylation is 1. The number of Topliss-reactive ketones (excluding diaryl/α,β-unsaturated/α-hetero) is 1. The minimum atomic E-state index is 0.0784. The lowest BCUT2D eigenvalue weighted by molar-refractivity contribution is -0.120. The fourth-order valence-corrected chi connectivity index (χ4v) is 3.21. The van der Waals surface area contributed by atoms with Crippen LogP contribution in [0.4, 0.5) is 0 Å². The Morgan fingerprint density at radius 3 is 3.19 bits per heavy atom. The monoisotopic (exact) mass is 253 g/mol. The Labute approximate surface area is 101 Å². The number of ketones is 1. The first kappa shape index (κ1) is 10.1. The van der Waals surface area contributed by atoms with E-state index < -0.39 is 0 Å². The number of carbonyl (C=O) groups excluding carboxylic acids is 1. The van der Waals surface area contributed by atoms with Crippen molar-refractivity contribution in [1.82, 2.24) is 4.98 Å². The Bertz CT molecular complexity index is 606. The van der Waals surface area contributed by atoms with E-state index in [0.29, 0.717) is 11.6 Å². The molecule has 0 N–H and O–H groups in total. The zero-order valence-electron chi connectivity index (χ0n) is 8.54. The summed E-state index contributed by atoms with van der Waals surface area (Å²) in [7, 11) is 0. The second kappa shape index (κ2) is 3.43. The molecule has 0 fully saturated rings. The lowest BCUT2D eigenvalue weighted by atomic mass is 10.0. The van der Waals surface area contributed by atoms with Crippen molar-refractivity contribution in [2.24, 2.45) is 0 Å². The third-order valence-electron chi connectivity index (χ3n) is 2.71. The van der Waals surface area contributed by atoms with Crippen molar-refractivity contribution >= 4 is 38.8 Å². The topological polar surface area (TPSA) is 39.2 Å². The molecule has 0 aliphatic carbocycles. The molecular formula is C11H8ClNO2S. The third-order valence-corrected chi connectivity index (χ3v) is 4.06. The van der Waals surface area contributed by atoms with Crippen LogP contribution in [0.2, 0.25) is 5.15 Å². The lowest BCUT2D eigenvalue weighted by Gasteiger charge is -2.04. The summed E-state index contributed by atoms with van der Waals surface area (Å²) < 4.78 is 6.37. The van der Waals surface area contributed by atoms with Gasteiger partial charge in [-0.15, -0.1) is 11.3 Å². The third kappa shape index (κ3) is 1.33. The molecule has 5 heteroatoms. The van der Waals surface area contributed by atoms with Crippen LogP contribution in [0.5, 0.6) is 5.75 Å². The molecule has 0 spiro atoms. The summed E-state index contributed by atoms with van der Waals surface area (Å²) >= 11 is 7.58. The molecule has 16 heavy (non-hydrogen) atoms. The predicted molar refractivity (Wildman–Crippen MR) is 63.6 cm³/mol. The van der Waals surface area contributed by atoms with E-state index in [4.69, 9.17) is 16.3 Å². The molecule has 1 aliphatic heterocycles. The quantitative estimate of drug-likeness (QED) is 0.678. The first-order valence-corrected chi connectivity index (χ1v) is 6.13. The van der Waals surface area contributed by atoms with Gasteiger partial charge in [0.15, 0.2) is 5.78 Å². The molecule has 2 aromatic heterocycles. The number of nitrogens with zero attached hydrogens (tertiary/aromatic N) is 1. The van der Waals surface area contributed by atoms with Crippen LogP contribution in [-0.4, -0.2) is 17.4 Å². The molecule has 3 rings (SSSR count). The van der Waals surface area contributed by atoms with Crippen molar-refractivity contribution in [1.29, 1.82) is 0 Å². The average Bonchev–Trinajstić information content (AvgIpc) is 2.58. The molecule has 0 aromatic carbocycles. The van der Waals surface area contributed by atoms with Gasteiger partial charge < -0.3 is 4.74 Å². The molecule has 0 bridgehead atoms. The standard InChI is InChI=1S/C11H8ClNO2S/c1-5-7-2-6(14)3-15-8-4-16-10(9(7)8)11(12)13-5/h4H,2-3H2,1H3. The molecule has 82 valence electrons. The normalized spacial score (nSPS) is 15.0. The van der Waals surface area contributed by atoms with Gasteiger partial charge in [0.05, 0.1) is 4.70 Å². The fraction of sp³-hybridized carbons (Fsp3) is 0.273. The molecular weight excluding hydrogens is 246 g/mol. The van der Waals surface area contributed by atoms with Crippen LogP contribution in [-0.2, 0) is 11.2 Å². The van der Waals surface area contributed by atoms with E-state index in [0.717, 1.165) is 27.1 Å². The molecule has 3 heterocycles. The molecule has 0 radical (unpaired) electrons.